The summed E-state index contributed by atoms with van der Waals surface area (Å²) in [5, 5.41) is 9.28. The van der Waals surface area contributed by atoms with Crippen molar-refractivity contribution in [3.63, 3.8) is 0 Å². The highest BCUT2D eigenvalue weighted by atomic mass is 16.5. The lowest BCUT2D eigenvalue weighted by Crippen LogP contribution is -2.40. The van der Waals surface area contributed by atoms with Gasteiger partial charge in [-0.15, -0.1) is 0 Å². The van der Waals surface area contributed by atoms with Crippen LogP contribution < -0.4 is 4.90 Å². The quantitative estimate of drug-likeness (QED) is 0.866. The predicted octanol–water partition coefficient (Wildman–Crippen LogP) is 1.93. The molecule has 1 aromatic rings. The maximum atomic E-state index is 11.3. The summed E-state index contributed by atoms with van der Waals surface area (Å²) in [5.74, 6) is -0.768. The predicted molar refractivity (Wildman–Crippen MR) is 70.0 cm³/mol. The molecule has 0 saturated heterocycles. The zero-order valence-corrected chi connectivity index (χ0v) is 10.8. The van der Waals surface area contributed by atoms with Crippen LogP contribution in [0.15, 0.2) is 24.3 Å². The van der Waals surface area contributed by atoms with Crippen LogP contribution in [0.1, 0.15) is 19.4 Å². The van der Waals surface area contributed by atoms with Crippen LogP contribution >= 0.6 is 0 Å². The smallest absolute Gasteiger partial charge is 0.326 e. The van der Waals surface area contributed by atoms with Crippen LogP contribution in [0, 0.1) is 0 Å². The molecule has 0 spiro atoms. The molecule has 0 saturated carbocycles. The van der Waals surface area contributed by atoms with Crippen LogP contribution in [-0.2, 0) is 16.0 Å². The van der Waals surface area contributed by atoms with Gasteiger partial charge in [0.05, 0.1) is 12.7 Å². The Kier molecular flexibility index (Phi) is 3.87. The number of ether oxygens (including phenoxy) is 1. The van der Waals surface area contributed by atoms with Crippen LogP contribution in [0.25, 0.3) is 0 Å². The van der Waals surface area contributed by atoms with Crippen LogP contribution in [0.3, 0.4) is 0 Å². The zero-order chi connectivity index (χ0) is 13.1. The normalized spacial score (nSPS) is 18.2. The number of nitrogens with zero attached hydrogens (tertiary/aromatic N) is 1. The summed E-state index contributed by atoms with van der Waals surface area (Å²) in [6, 6.07) is 7.41. The summed E-state index contributed by atoms with van der Waals surface area (Å²) in [7, 11) is 0. The molecule has 0 aliphatic carbocycles. The summed E-state index contributed by atoms with van der Waals surface area (Å²) in [6.45, 7) is 5.13. The fraction of sp³-hybridized carbons (Fsp3) is 0.500. The van der Waals surface area contributed by atoms with Gasteiger partial charge in [0.1, 0.15) is 6.04 Å². The van der Waals surface area contributed by atoms with Crippen molar-refractivity contribution in [1.82, 2.24) is 0 Å². The third-order valence-corrected chi connectivity index (χ3v) is 3.16. The highest BCUT2D eigenvalue weighted by Gasteiger charge is 2.33. The van der Waals surface area contributed by atoms with Gasteiger partial charge in [0.25, 0.3) is 0 Å². The van der Waals surface area contributed by atoms with Gasteiger partial charge in [-0.1, -0.05) is 18.2 Å². The van der Waals surface area contributed by atoms with E-state index in [2.05, 4.69) is 0 Å². The summed E-state index contributed by atoms with van der Waals surface area (Å²) in [5.41, 5.74) is 2.13. The van der Waals surface area contributed by atoms with E-state index in [1.54, 1.807) is 0 Å². The van der Waals surface area contributed by atoms with Crippen LogP contribution in [-0.4, -0.2) is 36.4 Å². The molecule has 0 amide bonds. The van der Waals surface area contributed by atoms with Crippen molar-refractivity contribution in [2.24, 2.45) is 0 Å². The van der Waals surface area contributed by atoms with Crippen molar-refractivity contribution < 1.29 is 14.6 Å². The number of carboxylic acids is 1. The lowest BCUT2D eigenvalue weighted by Gasteiger charge is -2.25. The first-order chi connectivity index (χ1) is 8.59. The fourth-order valence-electron chi connectivity index (χ4n) is 2.33. The third kappa shape index (κ3) is 2.64. The van der Waals surface area contributed by atoms with E-state index < -0.39 is 12.0 Å². The molecule has 0 aromatic heterocycles. The van der Waals surface area contributed by atoms with Gasteiger partial charge in [-0.2, -0.15) is 0 Å². The van der Waals surface area contributed by atoms with E-state index in [1.807, 2.05) is 43.0 Å². The lowest BCUT2D eigenvalue weighted by molar-refractivity contribution is -0.138. The first kappa shape index (κ1) is 12.9. The average Bonchev–Trinajstić information content (AvgIpc) is 2.68. The molecule has 4 nitrogen and oxygen atoms in total. The van der Waals surface area contributed by atoms with Gasteiger partial charge in [-0.3, -0.25) is 0 Å². The summed E-state index contributed by atoms with van der Waals surface area (Å²) >= 11 is 0. The average molecular weight is 249 g/mol. The number of carboxylic acid groups (broad SMARTS) is 1. The minimum absolute atomic E-state index is 0.172. The molecule has 98 valence electrons. The molecule has 1 aliphatic heterocycles. The van der Waals surface area contributed by atoms with E-state index in [4.69, 9.17) is 4.74 Å². The summed E-state index contributed by atoms with van der Waals surface area (Å²) in [6.07, 6.45) is 0.749. The molecule has 0 fully saturated rings. The number of fused-ring (bicyclic) bond motifs is 1. The number of benzene rings is 1. The van der Waals surface area contributed by atoms with Crippen molar-refractivity contribution in [2.45, 2.75) is 32.4 Å². The van der Waals surface area contributed by atoms with Crippen molar-refractivity contribution >= 4 is 11.7 Å². The molecule has 0 bridgehead atoms. The molecule has 0 radical (unpaired) electrons. The molecule has 1 unspecified atom stereocenters. The van der Waals surface area contributed by atoms with Gasteiger partial charge >= 0.3 is 5.97 Å². The van der Waals surface area contributed by atoms with Gasteiger partial charge < -0.3 is 14.7 Å². The topological polar surface area (TPSA) is 49.8 Å². The largest absolute Gasteiger partial charge is 0.480 e. The molecule has 1 heterocycles. The molecular formula is C14H19NO3. The second kappa shape index (κ2) is 5.40. The third-order valence-electron chi connectivity index (χ3n) is 3.16. The number of carbonyl (C=O) groups is 1. The number of hydrogen-bond acceptors (Lipinski definition) is 3. The molecule has 1 atom stereocenters. The van der Waals surface area contributed by atoms with Gasteiger partial charge in [0.2, 0.25) is 0 Å². The number of rotatable bonds is 5. The van der Waals surface area contributed by atoms with E-state index in [1.165, 1.54) is 0 Å². The van der Waals surface area contributed by atoms with E-state index in [0.717, 1.165) is 11.3 Å². The Labute approximate surface area is 107 Å². The van der Waals surface area contributed by atoms with Crippen molar-refractivity contribution in [3.05, 3.63) is 29.8 Å². The monoisotopic (exact) mass is 249 g/mol. The molecular weight excluding hydrogens is 230 g/mol. The molecule has 18 heavy (non-hydrogen) atoms. The minimum atomic E-state index is -0.768. The maximum absolute atomic E-state index is 11.3. The molecule has 1 aliphatic rings. The number of para-hydroxylation sites is 1. The maximum Gasteiger partial charge on any atom is 0.326 e. The van der Waals surface area contributed by atoms with E-state index in [9.17, 15) is 9.90 Å². The number of aliphatic carboxylic acids is 1. The Morgan fingerprint density at radius 1 is 1.50 bits per heavy atom. The number of anilines is 1. The Bertz CT molecular complexity index is 431. The Balaban J connectivity index is 2.10. The van der Waals surface area contributed by atoms with E-state index in [0.29, 0.717) is 19.6 Å². The minimum Gasteiger partial charge on any atom is -0.480 e. The molecule has 1 aromatic carbocycles. The second-order valence-electron chi connectivity index (χ2n) is 4.80. The van der Waals surface area contributed by atoms with Crippen molar-refractivity contribution in [3.8, 4) is 0 Å². The number of hydrogen-bond donors (Lipinski definition) is 1. The van der Waals surface area contributed by atoms with Gasteiger partial charge in [0.15, 0.2) is 0 Å². The summed E-state index contributed by atoms with van der Waals surface area (Å²) in [4.78, 5) is 13.2. The Morgan fingerprint density at radius 3 is 2.89 bits per heavy atom. The molecule has 1 N–H and O–H groups in total. The Morgan fingerprint density at radius 2 is 2.22 bits per heavy atom. The first-order valence-electron chi connectivity index (χ1n) is 6.28. The molecule has 4 heteroatoms. The van der Waals surface area contributed by atoms with Gasteiger partial charge in [-0.05, 0) is 25.5 Å². The SMILES string of the molecule is CC(C)OCCN1c2ccccc2CC1C(=O)O. The zero-order valence-electron chi connectivity index (χ0n) is 10.8. The van der Waals surface area contributed by atoms with Gasteiger partial charge in [-0.25, -0.2) is 4.79 Å². The van der Waals surface area contributed by atoms with E-state index >= 15 is 0 Å². The highest BCUT2D eigenvalue weighted by Crippen LogP contribution is 2.31. The fourth-order valence-corrected chi connectivity index (χ4v) is 2.33. The summed E-state index contributed by atoms with van der Waals surface area (Å²) < 4.78 is 5.51. The lowest BCUT2D eigenvalue weighted by atomic mass is 10.1. The standard InChI is InChI=1S/C14H19NO3/c1-10(2)18-8-7-15-12-6-4-3-5-11(12)9-13(15)14(16)17/h3-6,10,13H,7-9H2,1-2H3,(H,16,17). The highest BCUT2D eigenvalue weighted by molar-refractivity contribution is 5.82. The van der Waals surface area contributed by atoms with Crippen LogP contribution in [0.2, 0.25) is 0 Å². The van der Waals surface area contributed by atoms with Crippen molar-refractivity contribution in [1.29, 1.82) is 0 Å². The van der Waals surface area contributed by atoms with Crippen molar-refractivity contribution in [2.75, 3.05) is 18.1 Å². The Hall–Kier alpha value is -1.55. The van der Waals surface area contributed by atoms with Gasteiger partial charge in [0, 0.05) is 18.7 Å². The van der Waals surface area contributed by atoms with Crippen LogP contribution in [0.4, 0.5) is 5.69 Å². The van der Waals surface area contributed by atoms with Crippen LogP contribution in [0.5, 0.6) is 0 Å². The second-order valence-corrected chi connectivity index (χ2v) is 4.80. The van der Waals surface area contributed by atoms with E-state index in [-0.39, 0.29) is 6.10 Å². The molecule has 2 rings (SSSR count). The first-order valence-corrected chi connectivity index (χ1v) is 6.28.